The molecule has 0 spiro atoms. The van der Waals surface area contributed by atoms with Crippen LogP contribution in [0.15, 0.2) is 53.4 Å². The highest BCUT2D eigenvalue weighted by Crippen LogP contribution is 2.49. The zero-order valence-electron chi connectivity index (χ0n) is 17.1. The van der Waals surface area contributed by atoms with Crippen molar-refractivity contribution in [1.29, 1.82) is 0 Å². The monoisotopic (exact) mass is 444 g/mol. The minimum atomic E-state index is -4.24. The molecule has 164 valence electrons. The summed E-state index contributed by atoms with van der Waals surface area (Å²) in [5.41, 5.74) is 0.0661. The number of hydrogen-bond donors (Lipinski definition) is 1. The van der Waals surface area contributed by atoms with Gasteiger partial charge in [-0.05, 0) is 74.3 Å². The quantitative estimate of drug-likeness (QED) is 0.393. The third-order valence-corrected chi connectivity index (χ3v) is 7.68. The predicted octanol–water partition coefficient (Wildman–Crippen LogP) is 3.92. The number of nitro benzene ring substituents is 1. The fraction of sp³-hybridized carbons (Fsp3) is 0.409. The number of nitrogens with zero attached hydrogens (tertiary/aromatic N) is 1. The number of rotatable bonds is 7. The van der Waals surface area contributed by atoms with Gasteiger partial charge in [0.1, 0.15) is 10.6 Å². The van der Waals surface area contributed by atoms with Crippen molar-refractivity contribution in [2.45, 2.75) is 43.5 Å². The van der Waals surface area contributed by atoms with Gasteiger partial charge in [0.2, 0.25) is 0 Å². The average molecular weight is 445 g/mol. The van der Waals surface area contributed by atoms with E-state index in [1.165, 1.54) is 68.1 Å². The van der Waals surface area contributed by atoms with Gasteiger partial charge >= 0.3 is 10.1 Å². The Morgan fingerprint density at radius 3 is 2.52 bits per heavy atom. The first-order chi connectivity index (χ1) is 14.7. The normalized spacial score (nSPS) is 23.3. The zero-order chi connectivity index (χ0) is 22.2. The number of fused-ring (bicyclic) bond motifs is 2. The maximum absolute atomic E-state index is 12.6. The number of hydrogen-bond acceptors (Lipinski definition) is 6. The molecule has 0 heterocycles. The molecular weight excluding hydrogens is 420 g/mol. The molecule has 2 fully saturated rings. The van der Waals surface area contributed by atoms with Crippen LogP contribution in [0.4, 0.5) is 5.69 Å². The first-order valence-electron chi connectivity index (χ1n) is 10.3. The van der Waals surface area contributed by atoms with Gasteiger partial charge in [0.15, 0.2) is 0 Å². The van der Waals surface area contributed by atoms with Crippen LogP contribution in [0.1, 0.15) is 43.0 Å². The fourth-order valence-corrected chi connectivity index (χ4v) is 5.86. The van der Waals surface area contributed by atoms with E-state index >= 15 is 0 Å². The minimum absolute atomic E-state index is 0.0178. The Kier molecular flexibility index (Phi) is 5.70. The highest BCUT2D eigenvalue weighted by atomic mass is 32.2. The summed E-state index contributed by atoms with van der Waals surface area (Å²) in [5, 5.41) is 13.9. The zero-order valence-corrected chi connectivity index (χ0v) is 17.9. The topological polar surface area (TPSA) is 116 Å². The molecule has 0 radical (unpaired) electrons. The van der Waals surface area contributed by atoms with Gasteiger partial charge in [0.25, 0.3) is 11.6 Å². The molecule has 2 aliphatic rings. The summed E-state index contributed by atoms with van der Waals surface area (Å²) >= 11 is 0. The number of benzene rings is 2. The van der Waals surface area contributed by atoms with E-state index < -0.39 is 15.0 Å². The van der Waals surface area contributed by atoms with Gasteiger partial charge in [-0.1, -0.05) is 12.5 Å². The summed E-state index contributed by atoms with van der Waals surface area (Å²) in [7, 11) is -4.24. The Bertz CT molecular complexity index is 1100. The number of carbonyl (C=O) groups excluding carboxylic acids is 1. The Morgan fingerprint density at radius 2 is 1.90 bits per heavy atom. The van der Waals surface area contributed by atoms with Crippen molar-refractivity contribution >= 4 is 21.7 Å². The molecular formula is C22H24N2O6S. The van der Waals surface area contributed by atoms with Gasteiger partial charge in [0, 0.05) is 23.7 Å². The van der Waals surface area contributed by atoms with Crippen molar-refractivity contribution in [3.63, 3.8) is 0 Å². The lowest BCUT2D eigenvalue weighted by atomic mass is 9.84. The maximum atomic E-state index is 12.6. The van der Waals surface area contributed by atoms with Crippen LogP contribution in [0, 0.1) is 27.9 Å². The van der Waals surface area contributed by atoms with Crippen LogP contribution in [0.25, 0.3) is 0 Å². The van der Waals surface area contributed by atoms with Crippen LogP contribution in [0.5, 0.6) is 5.75 Å². The first kappa shape index (κ1) is 21.3. The minimum Gasteiger partial charge on any atom is -0.379 e. The van der Waals surface area contributed by atoms with Crippen molar-refractivity contribution in [3.8, 4) is 5.75 Å². The van der Waals surface area contributed by atoms with Crippen LogP contribution in [-0.4, -0.2) is 25.3 Å². The maximum Gasteiger partial charge on any atom is 0.339 e. The molecule has 0 aromatic heterocycles. The molecule has 0 saturated heterocycles. The summed E-state index contributed by atoms with van der Waals surface area (Å²) in [5.74, 6) is 1.84. The molecule has 4 rings (SSSR count). The van der Waals surface area contributed by atoms with E-state index in [9.17, 15) is 23.3 Å². The molecule has 1 amide bonds. The summed E-state index contributed by atoms with van der Waals surface area (Å²) in [4.78, 5) is 22.5. The molecule has 0 unspecified atom stereocenters. The van der Waals surface area contributed by atoms with Crippen LogP contribution in [-0.2, 0) is 10.1 Å². The molecule has 1 N–H and O–H groups in total. The molecule has 4 atom stereocenters. The molecule has 31 heavy (non-hydrogen) atoms. The van der Waals surface area contributed by atoms with E-state index in [0.717, 1.165) is 12.0 Å². The molecule has 2 aromatic carbocycles. The van der Waals surface area contributed by atoms with E-state index in [1.807, 2.05) is 6.92 Å². The first-order valence-corrected chi connectivity index (χ1v) is 11.7. The lowest BCUT2D eigenvalue weighted by molar-refractivity contribution is -0.385. The van der Waals surface area contributed by atoms with Gasteiger partial charge in [-0.3, -0.25) is 14.9 Å². The number of non-ortho nitro benzene ring substituents is 1. The van der Waals surface area contributed by atoms with Gasteiger partial charge in [-0.25, -0.2) is 0 Å². The Morgan fingerprint density at radius 1 is 1.16 bits per heavy atom. The second kappa shape index (κ2) is 8.30. The molecule has 2 aliphatic carbocycles. The average Bonchev–Trinajstić information content (AvgIpc) is 3.38. The smallest absolute Gasteiger partial charge is 0.339 e. The Labute approximate surface area is 180 Å². The van der Waals surface area contributed by atoms with Gasteiger partial charge in [0.05, 0.1) is 4.92 Å². The van der Waals surface area contributed by atoms with Crippen molar-refractivity contribution in [2.24, 2.45) is 17.8 Å². The van der Waals surface area contributed by atoms with Gasteiger partial charge in [-0.2, -0.15) is 8.42 Å². The summed E-state index contributed by atoms with van der Waals surface area (Å²) in [6, 6.07) is 10.5. The van der Waals surface area contributed by atoms with Crippen molar-refractivity contribution in [1.82, 2.24) is 5.32 Å². The largest absolute Gasteiger partial charge is 0.379 e. The van der Waals surface area contributed by atoms with Crippen molar-refractivity contribution < 1.29 is 22.3 Å². The van der Waals surface area contributed by atoms with E-state index in [0.29, 0.717) is 17.4 Å². The highest BCUT2D eigenvalue weighted by molar-refractivity contribution is 7.87. The molecule has 2 aromatic rings. The number of nitro groups is 1. The van der Waals surface area contributed by atoms with E-state index in [4.69, 9.17) is 4.18 Å². The van der Waals surface area contributed by atoms with E-state index in [2.05, 4.69) is 5.32 Å². The molecule has 9 heteroatoms. The van der Waals surface area contributed by atoms with Crippen LogP contribution in [0.2, 0.25) is 0 Å². The lowest BCUT2D eigenvalue weighted by Gasteiger charge is -2.28. The van der Waals surface area contributed by atoms with E-state index in [1.54, 1.807) is 0 Å². The Hall–Kier alpha value is -2.94. The summed E-state index contributed by atoms with van der Waals surface area (Å²) in [6.45, 7) is 2.05. The van der Waals surface area contributed by atoms with Crippen LogP contribution < -0.4 is 9.50 Å². The Balaban J connectivity index is 1.40. The third kappa shape index (κ3) is 4.56. The van der Waals surface area contributed by atoms with Crippen molar-refractivity contribution in [2.75, 3.05) is 0 Å². The van der Waals surface area contributed by atoms with E-state index in [-0.39, 0.29) is 28.3 Å². The van der Waals surface area contributed by atoms with Gasteiger partial charge in [-0.15, -0.1) is 0 Å². The fourth-order valence-electron chi connectivity index (χ4n) is 4.89. The highest BCUT2D eigenvalue weighted by Gasteiger charge is 2.42. The second-order valence-electron chi connectivity index (χ2n) is 8.42. The number of nitrogens with one attached hydrogen (secondary N) is 1. The third-order valence-electron chi connectivity index (χ3n) is 6.43. The number of amides is 1. The molecule has 8 nitrogen and oxygen atoms in total. The molecule has 2 bridgehead atoms. The standard InChI is InChI=1S/C22H24N2O6S/c1-14(21-12-15-5-6-17(21)11-15)23-22(25)16-7-9-19(10-8-16)30-31(28,29)20-4-2-3-18(13-20)24(26)27/h2-4,7-10,13-15,17,21H,5-6,11-12H2,1H3,(H,23,25)/t14-,15-,17-,21-/m0/s1. The molecule has 2 saturated carbocycles. The van der Waals surface area contributed by atoms with Crippen LogP contribution >= 0.6 is 0 Å². The van der Waals surface area contributed by atoms with Crippen LogP contribution in [0.3, 0.4) is 0 Å². The predicted molar refractivity (Wildman–Crippen MR) is 113 cm³/mol. The molecule has 0 aliphatic heterocycles. The second-order valence-corrected chi connectivity index (χ2v) is 9.96. The summed E-state index contributed by atoms with van der Waals surface area (Å²) < 4.78 is 29.9. The van der Waals surface area contributed by atoms with Gasteiger partial charge < -0.3 is 9.50 Å². The lowest BCUT2D eigenvalue weighted by Crippen LogP contribution is -2.40. The number of carbonyl (C=O) groups is 1. The SMILES string of the molecule is C[C@H](NC(=O)c1ccc(OS(=O)(=O)c2cccc([N+](=O)[O-])c2)cc1)[C@@H]1C[C@H]2CC[C@H]1C2. The van der Waals surface area contributed by atoms with Crippen molar-refractivity contribution in [3.05, 3.63) is 64.2 Å². The summed E-state index contributed by atoms with van der Waals surface area (Å²) in [6.07, 6.45) is 5.01.